The molecule has 24 heavy (non-hydrogen) atoms. The van der Waals surface area contributed by atoms with Crippen LogP contribution in [0.5, 0.6) is 0 Å². The van der Waals surface area contributed by atoms with Gasteiger partial charge in [-0.05, 0) is 47.5 Å². The number of anilines is 1. The average Bonchev–Trinajstić information content (AvgIpc) is 3.28. The number of aromatic nitrogens is 2. The van der Waals surface area contributed by atoms with E-state index in [0.717, 1.165) is 26.2 Å². The summed E-state index contributed by atoms with van der Waals surface area (Å²) in [5, 5.41) is 16.8. The molecule has 120 valence electrons. The zero-order valence-corrected chi connectivity index (χ0v) is 14.8. The monoisotopic (exact) mass is 375 g/mol. The van der Waals surface area contributed by atoms with E-state index in [2.05, 4.69) is 15.5 Å². The van der Waals surface area contributed by atoms with Gasteiger partial charge in [-0.25, -0.2) is 4.39 Å². The van der Waals surface area contributed by atoms with Crippen LogP contribution in [-0.2, 0) is 0 Å². The summed E-state index contributed by atoms with van der Waals surface area (Å²) in [6.45, 7) is 1.82. The first-order valence-corrected chi connectivity index (χ1v) is 9.55. The normalized spacial score (nSPS) is 11.1. The number of fused-ring (bicyclic) bond motifs is 1. The van der Waals surface area contributed by atoms with E-state index in [-0.39, 0.29) is 11.7 Å². The Bertz CT molecular complexity index is 1040. The first-order chi connectivity index (χ1) is 11.6. The van der Waals surface area contributed by atoms with Crippen molar-refractivity contribution < 1.29 is 9.18 Å². The zero-order valence-electron chi connectivity index (χ0n) is 12.4. The first kappa shape index (κ1) is 15.4. The molecule has 0 unspecified atom stereocenters. The maximum atomic E-state index is 13.4. The molecular formula is C16H10FN3OS3. The zero-order chi connectivity index (χ0) is 16.7. The van der Waals surface area contributed by atoms with Crippen LogP contribution in [-0.4, -0.2) is 16.1 Å². The second-order valence-corrected chi connectivity index (χ2v) is 7.88. The maximum absolute atomic E-state index is 13.4. The lowest BCUT2D eigenvalue weighted by atomic mass is 10.1. The van der Waals surface area contributed by atoms with Gasteiger partial charge in [-0.2, -0.15) is 11.3 Å². The van der Waals surface area contributed by atoms with Crippen LogP contribution in [0.2, 0.25) is 0 Å². The largest absolute Gasteiger partial charge is 0.296 e. The highest BCUT2D eigenvalue weighted by atomic mass is 32.1. The lowest BCUT2D eigenvalue weighted by molar-refractivity contribution is 0.103. The third kappa shape index (κ3) is 2.72. The number of hydrogen-bond acceptors (Lipinski definition) is 6. The number of carbonyl (C=O) groups is 1. The molecule has 4 rings (SSSR count). The van der Waals surface area contributed by atoms with Crippen molar-refractivity contribution in [3.63, 3.8) is 0 Å². The molecule has 0 fully saturated rings. The van der Waals surface area contributed by atoms with Gasteiger partial charge in [0.1, 0.15) is 10.8 Å². The van der Waals surface area contributed by atoms with Gasteiger partial charge in [0.25, 0.3) is 5.91 Å². The van der Waals surface area contributed by atoms with Gasteiger partial charge in [-0.3, -0.25) is 10.1 Å². The minimum Gasteiger partial charge on any atom is -0.296 e. The molecule has 1 amide bonds. The van der Waals surface area contributed by atoms with Crippen LogP contribution in [0, 0.1) is 12.7 Å². The van der Waals surface area contributed by atoms with Crippen molar-refractivity contribution in [3.8, 4) is 10.6 Å². The molecule has 0 radical (unpaired) electrons. The van der Waals surface area contributed by atoms with E-state index in [1.54, 1.807) is 17.4 Å². The van der Waals surface area contributed by atoms with Crippen LogP contribution in [0.25, 0.3) is 20.7 Å². The number of benzene rings is 1. The summed E-state index contributed by atoms with van der Waals surface area (Å²) < 4.78 is 14.3. The van der Waals surface area contributed by atoms with E-state index in [4.69, 9.17) is 0 Å². The van der Waals surface area contributed by atoms with Gasteiger partial charge in [0, 0.05) is 15.6 Å². The Labute approximate surface area is 148 Å². The minimum absolute atomic E-state index is 0.248. The minimum atomic E-state index is -0.306. The number of rotatable bonds is 3. The fraction of sp³-hybridized carbons (Fsp3) is 0.0625. The second kappa shape index (κ2) is 6.04. The fourth-order valence-electron chi connectivity index (χ4n) is 2.34. The van der Waals surface area contributed by atoms with E-state index in [0.29, 0.717) is 10.0 Å². The van der Waals surface area contributed by atoms with E-state index in [1.165, 1.54) is 34.8 Å². The van der Waals surface area contributed by atoms with Crippen molar-refractivity contribution in [3.05, 3.63) is 51.3 Å². The first-order valence-electron chi connectivity index (χ1n) is 6.98. The molecule has 0 spiro atoms. The Kier molecular flexibility index (Phi) is 3.87. The molecule has 0 aliphatic rings. The molecule has 1 N–H and O–H groups in total. The molecular weight excluding hydrogens is 365 g/mol. The lowest BCUT2D eigenvalue weighted by Gasteiger charge is -1.99. The summed E-state index contributed by atoms with van der Waals surface area (Å²) >= 11 is 4.25. The highest BCUT2D eigenvalue weighted by molar-refractivity contribution is 7.21. The van der Waals surface area contributed by atoms with E-state index < -0.39 is 0 Å². The summed E-state index contributed by atoms with van der Waals surface area (Å²) in [5.41, 5.74) is 1.76. The van der Waals surface area contributed by atoms with Crippen molar-refractivity contribution in [2.24, 2.45) is 0 Å². The lowest BCUT2D eigenvalue weighted by Crippen LogP contribution is -2.11. The van der Waals surface area contributed by atoms with Crippen LogP contribution < -0.4 is 5.32 Å². The smallest absolute Gasteiger partial charge is 0.267 e. The maximum Gasteiger partial charge on any atom is 0.267 e. The molecule has 3 aromatic heterocycles. The molecule has 0 saturated carbocycles. The molecule has 1 aromatic carbocycles. The highest BCUT2D eigenvalue weighted by Crippen LogP contribution is 2.33. The molecule has 0 bridgehead atoms. The number of carbonyl (C=O) groups excluding carboxylic acids is 1. The Morgan fingerprint density at radius 3 is 2.88 bits per heavy atom. The van der Waals surface area contributed by atoms with Crippen molar-refractivity contribution >= 4 is 55.1 Å². The summed E-state index contributed by atoms with van der Waals surface area (Å²) in [6.07, 6.45) is 0. The number of halogens is 1. The average molecular weight is 375 g/mol. The summed E-state index contributed by atoms with van der Waals surface area (Å²) in [5.74, 6) is -0.554. The van der Waals surface area contributed by atoms with Crippen molar-refractivity contribution in [2.75, 3.05) is 5.32 Å². The molecule has 0 saturated heterocycles. The SMILES string of the molecule is Cc1c(C(=O)Nc2nnc(-c3ccsc3)s2)sc2ccc(F)cc12. The van der Waals surface area contributed by atoms with Gasteiger partial charge in [0.2, 0.25) is 5.13 Å². The fourth-order valence-corrected chi connectivity index (χ4v) is 4.88. The number of nitrogens with zero attached hydrogens (tertiary/aromatic N) is 2. The Hall–Kier alpha value is -2.16. The Morgan fingerprint density at radius 2 is 2.08 bits per heavy atom. The number of amides is 1. The molecule has 0 aliphatic heterocycles. The van der Waals surface area contributed by atoms with Crippen molar-refractivity contribution in [2.45, 2.75) is 6.92 Å². The quantitative estimate of drug-likeness (QED) is 0.537. The number of aryl methyl sites for hydroxylation is 1. The van der Waals surface area contributed by atoms with Crippen LogP contribution in [0.3, 0.4) is 0 Å². The van der Waals surface area contributed by atoms with Gasteiger partial charge < -0.3 is 0 Å². The highest BCUT2D eigenvalue weighted by Gasteiger charge is 2.18. The molecule has 4 nitrogen and oxygen atoms in total. The third-order valence-corrected chi connectivity index (χ3v) is 6.36. The Balaban J connectivity index is 1.62. The number of thiophene rings is 2. The van der Waals surface area contributed by atoms with Crippen molar-refractivity contribution in [1.29, 1.82) is 0 Å². The molecule has 0 aliphatic carbocycles. The standard InChI is InChI=1S/C16H10FN3OS3/c1-8-11-6-10(17)2-3-12(11)23-13(8)14(21)18-16-20-19-15(24-16)9-4-5-22-7-9/h2-7H,1H3,(H,18,20,21). The predicted octanol–water partition coefficient (Wildman–Crippen LogP) is 5.18. The van der Waals surface area contributed by atoms with E-state index >= 15 is 0 Å². The summed E-state index contributed by atoms with van der Waals surface area (Å²) in [6, 6.07) is 6.51. The van der Waals surface area contributed by atoms with Crippen molar-refractivity contribution in [1.82, 2.24) is 10.2 Å². The summed E-state index contributed by atoms with van der Waals surface area (Å²) in [4.78, 5) is 13.1. The predicted molar refractivity (Wildman–Crippen MR) is 97.7 cm³/mol. The number of nitrogens with one attached hydrogen (secondary N) is 1. The van der Waals surface area contributed by atoms with Gasteiger partial charge in [0.15, 0.2) is 0 Å². The van der Waals surface area contributed by atoms with Gasteiger partial charge in [0.05, 0.1) is 4.88 Å². The van der Waals surface area contributed by atoms with E-state index in [1.807, 2.05) is 23.8 Å². The van der Waals surface area contributed by atoms with Crippen LogP contribution in [0.15, 0.2) is 35.0 Å². The number of hydrogen-bond donors (Lipinski definition) is 1. The van der Waals surface area contributed by atoms with E-state index in [9.17, 15) is 9.18 Å². The van der Waals surface area contributed by atoms with Gasteiger partial charge in [-0.15, -0.1) is 21.5 Å². The molecule has 8 heteroatoms. The summed E-state index contributed by atoms with van der Waals surface area (Å²) in [7, 11) is 0. The molecule has 3 heterocycles. The second-order valence-electron chi connectivity index (χ2n) is 5.08. The third-order valence-electron chi connectivity index (χ3n) is 3.52. The molecule has 0 atom stereocenters. The molecule has 4 aromatic rings. The topological polar surface area (TPSA) is 54.9 Å². The van der Waals surface area contributed by atoms with Crippen LogP contribution >= 0.6 is 34.0 Å². The van der Waals surface area contributed by atoms with Gasteiger partial charge in [-0.1, -0.05) is 11.3 Å². The van der Waals surface area contributed by atoms with Gasteiger partial charge >= 0.3 is 0 Å². The van der Waals surface area contributed by atoms with Crippen LogP contribution in [0.1, 0.15) is 15.2 Å². The Morgan fingerprint density at radius 1 is 1.21 bits per heavy atom. The van der Waals surface area contributed by atoms with Crippen LogP contribution in [0.4, 0.5) is 9.52 Å².